The number of unbranched alkanes of at least 4 members (excludes halogenated alkanes) is 12. The minimum absolute atomic E-state index is 0.181. The Hall–Kier alpha value is -2.03. The number of hydrogen-bond acceptors (Lipinski definition) is 7. The summed E-state index contributed by atoms with van der Waals surface area (Å²) >= 11 is 0. The van der Waals surface area contributed by atoms with Crippen LogP contribution < -0.4 is 0 Å². The molecule has 0 rings (SSSR count). The van der Waals surface area contributed by atoms with Crippen molar-refractivity contribution in [2.45, 2.75) is 141 Å². The minimum Gasteiger partial charge on any atom is -0.462 e. The summed E-state index contributed by atoms with van der Waals surface area (Å²) < 4.78 is 26.1. The summed E-state index contributed by atoms with van der Waals surface area (Å²) in [5.41, 5.74) is 0. The molecule has 0 saturated heterocycles. The molecule has 0 aromatic carbocycles. The molecule has 0 aromatic heterocycles. The molecule has 0 spiro atoms. The van der Waals surface area contributed by atoms with Crippen molar-refractivity contribution in [3.8, 4) is 0 Å². The maximum atomic E-state index is 12.2. The van der Waals surface area contributed by atoms with Gasteiger partial charge < -0.3 is 24.4 Å². The highest BCUT2D eigenvalue weighted by Crippen LogP contribution is 2.35. The molecule has 0 aliphatic carbocycles. The first-order valence-electron chi connectivity index (χ1n) is 17.0. The van der Waals surface area contributed by atoms with E-state index in [0.717, 1.165) is 64.2 Å². The summed E-state index contributed by atoms with van der Waals surface area (Å²) in [4.78, 5) is 42.4. The molecule has 3 N–H and O–H groups in total. The van der Waals surface area contributed by atoms with Gasteiger partial charge in [0.2, 0.25) is 0 Å². The Morgan fingerprint density at radius 1 is 0.622 bits per heavy atom. The van der Waals surface area contributed by atoms with E-state index in [1.165, 1.54) is 32.1 Å². The van der Waals surface area contributed by atoms with Gasteiger partial charge in [-0.05, 0) is 57.8 Å². The minimum atomic E-state index is -4.76. The zero-order chi connectivity index (χ0) is 33.3. The zero-order valence-corrected chi connectivity index (χ0v) is 28.6. The number of esters is 2. The number of allylic oxidation sites excluding steroid dienone is 8. The molecule has 0 aliphatic rings. The molecule has 0 saturated carbocycles. The van der Waals surface area contributed by atoms with Gasteiger partial charge in [0.1, 0.15) is 6.61 Å². The van der Waals surface area contributed by atoms with Gasteiger partial charge in [-0.2, -0.15) is 0 Å². The van der Waals surface area contributed by atoms with E-state index in [1.54, 1.807) is 0 Å². The third kappa shape index (κ3) is 34.7. The molecule has 0 unspecified atom stereocenters. The number of aliphatic hydroxyl groups excluding tert-OH is 1. The normalized spacial score (nSPS) is 13.1. The second-order valence-electron chi connectivity index (χ2n) is 11.2. The Morgan fingerprint density at radius 3 is 1.67 bits per heavy atom. The van der Waals surface area contributed by atoms with Crippen LogP contribution in [-0.2, 0) is 28.2 Å². The number of phosphoric ester groups is 1. The Morgan fingerprint density at radius 2 is 1.11 bits per heavy atom. The molecule has 0 heterocycles. The van der Waals surface area contributed by atoms with Gasteiger partial charge in [-0.25, -0.2) is 4.57 Å². The average Bonchev–Trinajstić information content (AvgIpc) is 3.00. The third-order valence-electron chi connectivity index (χ3n) is 6.91. The highest BCUT2D eigenvalue weighted by molar-refractivity contribution is 7.46. The van der Waals surface area contributed by atoms with E-state index in [4.69, 9.17) is 24.4 Å². The van der Waals surface area contributed by atoms with Gasteiger partial charge in [-0.3, -0.25) is 14.1 Å². The Labute approximate surface area is 272 Å². The first-order chi connectivity index (χ1) is 21.8. The number of carbonyl (C=O) groups is 2. The molecule has 0 aliphatic heterocycles. The number of hydrogen-bond donors (Lipinski definition) is 3. The van der Waals surface area contributed by atoms with E-state index < -0.39 is 32.5 Å². The lowest BCUT2D eigenvalue weighted by Crippen LogP contribution is -2.29. The topological polar surface area (TPSA) is 140 Å². The molecular formula is C35H61O9P. The molecular weight excluding hydrogens is 595 g/mol. The Kier molecular flexibility index (Phi) is 30.5. The first-order valence-corrected chi connectivity index (χ1v) is 18.6. The lowest BCUT2D eigenvalue weighted by Gasteiger charge is -2.18. The van der Waals surface area contributed by atoms with Gasteiger partial charge in [-0.15, -0.1) is 0 Å². The lowest BCUT2D eigenvalue weighted by atomic mass is 10.1. The number of phosphoric acid groups is 1. The van der Waals surface area contributed by atoms with Crippen molar-refractivity contribution >= 4 is 19.8 Å². The molecule has 0 aromatic rings. The van der Waals surface area contributed by atoms with E-state index in [-0.39, 0.29) is 26.1 Å². The summed E-state index contributed by atoms with van der Waals surface area (Å²) in [6.07, 6.45) is 34.3. The van der Waals surface area contributed by atoms with Gasteiger partial charge in [0.05, 0.1) is 6.61 Å². The molecule has 260 valence electrons. The molecule has 1 atom stereocenters. The smallest absolute Gasteiger partial charge is 0.462 e. The van der Waals surface area contributed by atoms with Crippen molar-refractivity contribution in [1.29, 1.82) is 0 Å². The summed E-state index contributed by atoms with van der Waals surface area (Å²) in [6, 6.07) is 0. The van der Waals surface area contributed by atoms with Crippen LogP contribution in [0.1, 0.15) is 135 Å². The van der Waals surface area contributed by atoms with Crippen molar-refractivity contribution in [2.75, 3.05) is 19.8 Å². The quantitative estimate of drug-likeness (QED) is 0.0290. The van der Waals surface area contributed by atoms with Crippen LogP contribution >= 0.6 is 7.82 Å². The fourth-order valence-corrected chi connectivity index (χ4v) is 4.70. The monoisotopic (exact) mass is 656 g/mol. The van der Waals surface area contributed by atoms with Crippen LogP contribution in [0.4, 0.5) is 0 Å². The Balaban J connectivity index is 4.09. The predicted molar refractivity (Wildman–Crippen MR) is 180 cm³/mol. The van der Waals surface area contributed by atoms with Crippen LogP contribution in [0, 0.1) is 0 Å². The van der Waals surface area contributed by atoms with Crippen molar-refractivity contribution in [3.05, 3.63) is 48.6 Å². The van der Waals surface area contributed by atoms with Crippen LogP contribution in [0.25, 0.3) is 0 Å². The van der Waals surface area contributed by atoms with Crippen molar-refractivity contribution < 1.29 is 43.0 Å². The molecule has 0 amide bonds. The summed E-state index contributed by atoms with van der Waals surface area (Å²) in [6.45, 7) is 1.59. The Bertz CT molecular complexity index is 876. The maximum Gasteiger partial charge on any atom is 0.469 e. The second-order valence-corrected chi connectivity index (χ2v) is 12.5. The first kappa shape index (κ1) is 43.0. The van der Waals surface area contributed by atoms with Crippen LogP contribution in [-0.4, -0.2) is 52.8 Å². The molecule has 0 radical (unpaired) electrons. The second kappa shape index (κ2) is 31.9. The summed E-state index contributed by atoms with van der Waals surface area (Å²) in [5.74, 6) is -0.972. The van der Waals surface area contributed by atoms with E-state index in [0.29, 0.717) is 19.3 Å². The molecule has 10 heteroatoms. The van der Waals surface area contributed by atoms with Crippen LogP contribution in [0.3, 0.4) is 0 Å². The number of ether oxygens (including phenoxy) is 2. The fourth-order valence-electron chi connectivity index (χ4n) is 4.34. The predicted octanol–water partition coefficient (Wildman–Crippen LogP) is 8.59. The van der Waals surface area contributed by atoms with Gasteiger partial charge in [0, 0.05) is 19.4 Å². The van der Waals surface area contributed by atoms with Crippen LogP contribution in [0.15, 0.2) is 48.6 Å². The molecule has 9 nitrogen and oxygen atoms in total. The number of carbonyl (C=O) groups excluding carboxylic acids is 2. The highest BCUT2D eigenvalue weighted by atomic mass is 31.2. The largest absolute Gasteiger partial charge is 0.469 e. The molecule has 45 heavy (non-hydrogen) atoms. The van der Waals surface area contributed by atoms with Crippen LogP contribution in [0.2, 0.25) is 0 Å². The van der Waals surface area contributed by atoms with Gasteiger partial charge in [0.15, 0.2) is 6.10 Å². The molecule has 0 fully saturated rings. The van der Waals surface area contributed by atoms with Crippen molar-refractivity contribution in [2.24, 2.45) is 0 Å². The SMILES string of the molecule is CCCCCCCCCCCC(=O)O[C@H](COC(=O)CCC/C=C\C/C=C\C/C=C\C/C=C\CCCCCO)COP(=O)(O)O. The maximum absolute atomic E-state index is 12.2. The number of rotatable bonds is 31. The van der Waals surface area contributed by atoms with Crippen molar-refractivity contribution in [1.82, 2.24) is 0 Å². The zero-order valence-electron chi connectivity index (χ0n) is 27.7. The van der Waals surface area contributed by atoms with Crippen LogP contribution in [0.5, 0.6) is 0 Å². The third-order valence-corrected chi connectivity index (χ3v) is 7.39. The number of aliphatic hydroxyl groups is 1. The average molecular weight is 657 g/mol. The lowest BCUT2D eigenvalue weighted by molar-refractivity contribution is -0.161. The van der Waals surface area contributed by atoms with Gasteiger partial charge in [-0.1, -0.05) is 113 Å². The highest BCUT2D eigenvalue weighted by Gasteiger charge is 2.22. The fraction of sp³-hybridized carbons (Fsp3) is 0.714. The molecule has 0 bridgehead atoms. The van der Waals surface area contributed by atoms with E-state index in [1.807, 2.05) is 12.2 Å². The summed E-state index contributed by atoms with van der Waals surface area (Å²) in [7, 11) is -4.76. The van der Waals surface area contributed by atoms with E-state index in [9.17, 15) is 14.2 Å². The van der Waals surface area contributed by atoms with E-state index in [2.05, 4.69) is 47.9 Å². The van der Waals surface area contributed by atoms with Crippen molar-refractivity contribution in [3.63, 3.8) is 0 Å². The van der Waals surface area contributed by atoms with Gasteiger partial charge >= 0.3 is 19.8 Å². The standard InChI is InChI=1S/C35H61O9P/c1-2-3-4-5-6-16-20-23-26-29-35(38)44-33(32-43-45(39,40)41)31-42-34(37)28-25-22-19-17-14-12-10-8-7-9-11-13-15-18-21-24-27-30-36/h7,9-10,12-13,15,17,19,33,36H,2-6,8,11,14,16,18,20-32H2,1H3,(H2,39,40,41)/b9-7-,12-10-,15-13-,19-17-/t33-/m1/s1. The van der Waals surface area contributed by atoms with E-state index >= 15 is 0 Å². The van der Waals surface area contributed by atoms with Gasteiger partial charge in [0.25, 0.3) is 0 Å². The summed E-state index contributed by atoms with van der Waals surface area (Å²) in [5, 5.41) is 8.75.